The van der Waals surface area contributed by atoms with E-state index in [-0.39, 0.29) is 37.3 Å². The smallest absolute Gasteiger partial charge is 0.254 e. The number of halogens is 1. The molecule has 0 N–H and O–H groups in total. The lowest BCUT2D eigenvalue weighted by atomic mass is 10.1. The fraction of sp³-hybridized carbons (Fsp3) is 0.280. The van der Waals surface area contributed by atoms with Gasteiger partial charge in [0, 0.05) is 18.7 Å². The zero-order valence-electron chi connectivity index (χ0n) is 18.3. The van der Waals surface area contributed by atoms with E-state index in [0.29, 0.717) is 30.0 Å². The van der Waals surface area contributed by atoms with Gasteiger partial charge in [0.05, 0.1) is 19.9 Å². The maximum absolute atomic E-state index is 13.3. The van der Waals surface area contributed by atoms with Gasteiger partial charge in [-0.3, -0.25) is 9.59 Å². The Morgan fingerprint density at radius 3 is 2.28 bits per heavy atom. The zero-order chi connectivity index (χ0) is 22.9. The highest BCUT2D eigenvalue weighted by Crippen LogP contribution is 2.16. The quantitative estimate of drug-likeness (QED) is 0.467. The Hall–Kier alpha value is -3.61. The number of carbonyl (C=O) groups is 2. The Balaban J connectivity index is 1.77. The number of benzene rings is 2. The summed E-state index contributed by atoms with van der Waals surface area (Å²) in [6.07, 6.45) is 2.26. The summed E-state index contributed by atoms with van der Waals surface area (Å²) in [4.78, 5) is 29.5. The predicted octanol–water partition coefficient (Wildman–Crippen LogP) is 4.51. The lowest BCUT2D eigenvalue weighted by Crippen LogP contribution is -2.42. The number of ether oxygens (including phenoxy) is 1. The van der Waals surface area contributed by atoms with Crippen molar-refractivity contribution in [1.82, 2.24) is 9.80 Å². The van der Waals surface area contributed by atoms with E-state index in [4.69, 9.17) is 9.15 Å². The number of furan rings is 1. The summed E-state index contributed by atoms with van der Waals surface area (Å²) in [7, 11) is 1.56. The van der Waals surface area contributed by atoms with Crippen molar-refractivity contribution in [3.8, 4) is 5.75 Å². The van der Waals surface area contributed by atoms with Gasteiger partial charge in [0.15, 0.2) is 0 Å². The van der Waals surface area contributed by atoms with E-state index in [1.165, 1.54) is 12.1 Å². The molecule has 168 valence electrons. The van der Waals surface area contributed by atoms with E-state index in [1.807, 2.05) is 6.92 Å². The van der Waals surface area contributed by atoms with Gasteiger partial charge in [-0.2, -0.15) is 0 Å². The minimum absolute atomic E-state index is 0.0688. The largest absolute Gasteiger partial charge is 0.497 e. The number of nitrogens with zero attached hydrogens (tertiary/aromatic N) is 2. The number of hydrogen-bond acceptors (Lipinski definition) is 4. The standard InChI is InChI=1S/C25H27FN2O4/c1-3-14-27(25(30)20-8-12-22(31-2)13-9-20)18-24(29)28(17-23-5-4-15-32-23)16-19-6-10-21(26)11-7-19/h4-13,15H,3,14,16-18H2,1-2H3. The van der Waals surface area contributed by atoms with Crippen LogP contribution in [-0.4, -0.2) is 41.8 Å². The van der Waals surface area contributed by atoms with Crippen molar-refractivity contribution < 1.29 is 23.1 Å². The van der Waals surface area contributed by atoms with Crippen molar-refractivity contribution in [3.05, 3.63) is 89.6 Å². The van der Waals surface area contributed by atoms with Crippen molar-refractivity contribution >= 4 is 11.8 Å². The molecule has 0 atom stereocenters. The topological polar surface area (TPSA) is 63.0 Å². The van der Waals surface area contributed by atoms with Gasteiger partial charge in [0.2, 0.25) is 5.91 Å². The predicted molar refractivity (Wildman–Crippen MR) is 119 cm³/mol. The molecule has 0 aliphatic rings. The summed E-state index contributed by atoms with van der Waals surface area (Å²) in [5, 5.41) is 0. The maximum atomic E-state index is 13.3. The Morgan fingerprint density at radius 1 is 0.969 bits per heavy atom. The van der Waals surface area contributed by atoms with Gasteiger partial charge in [0.25, 0.3) is 5.91 Å². The molecule has 0 bridgehead atoms. The van der Waals surface area contributed by atoms with Crippen molar-refractivity contribution in [3.63, 3.8) is 0 Å². The lowest BCUT2D eigenvalue weighted by Gasteiger charge is -2.27. The van der Waals surface area contributed by atoms with Gasteiger partial charge < -0.3 is 19.0 Å². The third-order valence-corrected chi connectivity index (χ3v) is 5.01. The molecule has 1 heterocycles. The third kappa shape index (κ3) is 6.20. The molecule has 1 aromatic heterocycles. The van der Waals surface area contributed by atoms with Crippen LogP contribution in [0.15, 0.2) is 71.3 Å². The van der Waals surface area contributed by atoms with Crippen LogP contribution < -0.4 is 4.74 Å². The van der Waals surface area contributed by atoms with Gasteiger partial charge >= 0.3 is 0 Å². The molecule has 0 radical (unpaired) electrons. The lowest BCUT2D eigenvalue weighted by molar-refractivity contribution is -0.133. The second kappa shape index (κ2) is 11.1. The van der Waals surface area contributed by atoms with E-state index in [9.17, 15) is 14.0 Å². The maximum Gasteiger partial charge on any atom is 0.254 e. The van der Waals surface area contributed by atoms with Crippen molar-refractivity contribution in [2.24, 2.45) is 0 Å². The van der Waals surface area contributed by atoms with Crippen molar-refractivity contribution in [1.29, 1.82) is 0 Å². The average molecular weight is 438 g/mol. The van der Waals surface area contributed by atoms with Crippen LogP contribution in [0.4, 0.5) is 4.39 Å². The van der Waals surface area contributed by atoms with Gasteiger partial charge in [0.1, 0.15) is 23.9 Å². The number of rotatable bonds is 10. The summed E-state index contributed by atoms with van der Waals surface area (Å²) in [5.74, 6) is 0.507. The minimum atomic E-state index is -0.336. The molecule has 3 rings (SSSR count). The molecule has 0 aliphatic carbocycles. The van der Waals surface area contributed by atoms with Crippen LogP contribution >= 0.6 is 0 Å². The van der Waals surface area contributed by atoms with E-state index in [0.717, 1.165) is 5.56 Å². The van der Waals surface area contributed by atoms with Gasteiger partial charge in [-0.15, -0.1) is 0 Å². The van der Waals surface area contributed by atoms with Crippen LogP contribution in [0.25, 0.3) is 0 Å². The molecule has 0 aliphatic heterocycles. The van der Waals surface area contributed by atoms with E-state index >= 15 is 0 Å². The van der Waals surface area contributed by atoms with Gasteiger partial charge in [-0.25, -0.2) is 4.39 Å². The molecule has 0 spiro atoms. The Labute approximate surface area is 187 Å². The van der Waals surface area contributed by atoms with Crippen molar-refractivity contribution in [2.45, 2.75) is 26.4 Å². The van der Waals surface area contributed by atoms with Crippen molar-refractivity contribution in [2.75, 3.05) is 20.2 Å². The van der Waals surface area contributed by atoms with Gasteiger partial charge in [-0.1, -0.05) is 19.1 Å². The number of methoxy groups -OCH3 is 1. The molecule has 0 saturated carbocycles. The summed E-state index contributed by atoms with van der Waals surface area (Å²) in [5.41, 5.74) is 1.28. The molecule has 7 heteroatoms. The average Bonchev–Trinajstić information content (AvgIpc) is 3.32. The summed E-state index contributed by atoms with van der Waals surface area (Å²) < 4.78 is 23.9. The SMILES string of the molecule is CCCN(CC(=O)N(Cc1ccc(F)cc1)Cc1ccco1)C(=O)c1ccc(OC)cc1. The van der Waals surface area contributed by atoms with E-state index in [2.05, 4.69) is 0 Å². The van der Waals surface area contributed by atoms with Crippen LogP contribution in [0.1, 0.15) is 35.0 Å². The van der Waals surface area contributed by atoms with E-state index in [1.54, 1.807) is 71.7 Å². The summed E-state index contributed by atoms with van der Waals surface area (Å²) >= 11 is 0. The Morgan fingerprint density at radius 2 is 1.69 bits per heavy atom. The summed E-state index contributed by atoms with van der Waals surface area (Å²) in [6, 6.07) is 16.4. The molecule has 32 heavy (non-hydrogen) atoms. The number of hydrogen-bond donors (Lipinski definition) is 0. The molecular weight excluding hydrogens is 411 g/mol. The minimum Gasteiger partial charge on any atom is -0.497 e. The molecular formula is C25H27FN2O4. The first-order chi connectivity index (χ1) is 15.5. The molecule has 0 unspecified atom stereocenters. The normalized spacial score (nSPS) is 10.6. The fourth-order valence-corrected chi connectivity index (χ4v) is 3.33. The van der Waals surface area contributed by atoms with Crippen LogP contribution in [0.3, 0.4) is 0 Å². The molecule has 0 fully saturated rings. The second-order valence-corrected chi connectivity index (χ2v) is 7.41. The first kappa shape index (κ1) is 23.1. The highest BCUT2D eigenvalue weighted by Gasteiger charge is 2.23. The molecule has 0 saturated heterocycles. The van der Waals surface area contributed by atoms with E-state index < -0.39 is 0 Å². The first-order valence-electron chi connectivity index (χ1n) is 10.5. The highest BCUT2D eigenvalue weighted by molar-refractivity contribution is 5.96. The fourth-order valence-electron chi connectivity index (χ4n) is 3.33. The van der Waals surface area contributed by atoms with Crippen LogP contribution in [0, 0.1) is 5.82 Å². The number of carbonyl (C=O) groups excluding carboxylic acids is 2. The Bertz CT molecular complexity index is 1000. The van der Waals surface area contributed by atoms with Crippen LogP contribution in [0.5, 0.6) is 5.75 Å². The second-order valence-electron chi connectivity index (χ2n) is 7.41. The highest BCUT2D eigenvalue weighted by atomic mass is 19.1. The molecule has 2 aromatic carbocycles. The zero-order valence-corrected chi connectivity index (χ0v) is 18.3. The first-order valence-corrected chi connectivity index (χ1v) is 10.5. The van der Waals surface area contributed by atoms with Crippen LogP contribution in [-0.2, 0) is 17.9 Å². The number of amides is 2. The van der Waals surface area contributed by atoms with Gasteiger partial charge in [-0.05, 0) is 60.5 Å². The monoisotopic (exact) mass is 438 g/mol. The molecule has 3 aromatic rings. The van der Waals surface area contributed by atoms with Crippen LogP contribution in [0.2, 0.25) is 0 Å². The molecule has 6 nitrogen and oxygen atoms in total. The third-order valence-electron chi connectivity index (χ3n) is 5.01. The molecule has 2 amide bonds. The summed E-state index contributed by atoms with van der Waals surface area (Å²) in [6.45, 7) is 2.86. The Kier molecular flexibility index (Phi) is 8.02.